The average Bonchev–Trinajstić information content (AvgIpc) is 3.29. The summed E-state index contributed by atoms with van der Waals surface area (Å²) in [5, 5.41) is 9.52. The molecular formula is C29H35N3O4. The van der Waals surface area contributed by atoms with Gasteiger partial charge >= 0.3 is 12.1 Å². The van der Waals surface area contributed by atoms with Gasteiger partial charge in [-0.15, -0.1) is 0 Å². The number of aromatic nitrogens is 2. The van der Waals surface area contributed by atoms with Gasteiger partial charge in [-0.1, -0.05) is 37.3 Å². The number of carbonyl (C=O) groups excluding carboxylic acids is 1. The Kier molecular flexibility index (Phi) is 6.73. The molecule has 0 saturated heterocycles. The maximum absolute atomic E-state index is 12.6. The molecular weight excluding hydrogens is 454 g/mol. The van der Waals surface area contributed by atoms with Gasteiger partial charge in [0.1, 0.15) is 5.82 Å². The molecule has 2 aliphatic rings. The van der Waals surface area contributed by atoms with Crippen LogP contribution in [0, 0.1) is 5.92 Å². The first kappa shape index (κ1) is 24.3. The number of fused-ring (bicyclic) bond motifs is 3. The number of aryl methyl sites for hydroxylation is 1. The number of imidazole rings is 1. The maximum atomic E-state index is 12.6. The summed E-state index contributed by atoms with van der Waals surface area (Å²) in [7, 11) is 1.42. The van der Waals surface area contributed by atoms with Crippen molar-refractivity contribution in [3.63, 3.8) is 0 Å². The molecule has 0 unspecified atom stereocenters. The number of ether oxygens (including phenoxy) is 1. The summed E-state index contributed by atoms with van der Waals surface area (Å²) in [5.41, 5.74) is 5.30. The second-order valence-electron chi connectivity index (χ2n) is 10.4. The molecule has 2 aromatic carbocycles. The zero-order chi connectivity index (χ0) is 25.4. The smallest absolute Gasteiger partial charge is 0.414 e. The van der Waals surface area contributed by atoms with Crippen LogP contribution in [0.4, 0.5) is 10.5 Å². The van der Waals surface area contributed by atoms with Crippen molar-refractivity contribution in [3.8, 4) is 0 Å². The van der Waals surface area contributed by atoms with Crippen LogP contribution in [0.15, 0.2) is 42.5 Å². The number of amides is 1. The first-order chi connectivity index (χ1) is 17.4. The molecule has 36 heavy (non-hydrogen) atoms. The largest absolute Gasteiger partial charge is 0.481 e. The Morgan fingerprint density at radius 3 is 2.47 bits per heavy atom. The van der Waals surface area contributed by atoms with Gasteiger partial charge in [0, 0.05) is 23.6 Å². The second-order valence-corrected chi connectivity index (χ2v) is 10.4. The fraction of sp³-hybridized carbons (Fsp3) is 0.483. The third-order valence-corrected chi connectivity index (χ3v) is 8.09. The van der Waals surface area contributed by atoms with Gasteiger partial charge in [0.2, 0.25) is 0 Å². The quantitative estimate of drug-likeness (QED) is 0.468. The molecule has 2 atom stereocenters. The van der Waals surface area contributed by atoms with Gasteiger partial charge in [-0.3, -0.25) is 9.69 Å². The van der Waals surface area contributed by atoms with E-state index in [-0.39, 0.29) is 30.0 Å². The minimum atomic E-state index is -0.687. The third-order valence-electron chi connectivity index (χ3n) is 8.09. The molecule has 1 aromatic heterocycles. The highest BCUT2D eigenvalue weighted by molar-refractivity contribution is 5.95. The van der Waals surface area contributed by atoms with Crippen molar-refractivity contribution in [2.45, 2.75) is 76.8 Å². The van der Waals surface area contributed by atoms with Crippen molar-refractivity contribution in [3.05, 3.63) is 59.4 Å². The summed E-state index contributed by atoms with van der Waals surface area (Å²) < 4.78 is 7.49. The number of methoxy groups -OCH3 is 1. The summed E-state index contributed by atoms with van der Waals surface area (Å²) in [5.74, 6) is 0.285. The van der Waals surface area contributed by atoms with Crippen LogP contribution >= 0.6 is 0 Å². The molecule has 2 heterocycles. The summed E-state index contributed by atoms with van der Waals surface area (Å²) in [6.45, 7) is 4.28. The van der Waals surface area contributed by atoms with Crippen LogP contribution in [0.3, 0.4) is 0 Å². The minimum absolute atomic E-state index is 0.0623. The van der Waals surface area contributed by atoms with Crippen molar-refractivity contribution >= 4 is 28.8 Å². The predicted octanol–water partition coefficient (Wildman–Crippen LogP) is 6.11. The normalized spacial score (nSPS) is 22.8. The highest BCUT2D eigenvalue weighted by Gasteiger charge is 2.34. The van der Waals surface area contributed by atoms with E-state index in [1.807, 2.05) is 12.1 Å². The van der Waals surface area contributed by atoms with Crippen molar-refractivity contribution in [2.24, 2.45) is 5.92 Å². The Hall–Kier alpha value is -3.35. The lowest BCUT2D eigenvalue weighted by molar-refractivity contribution is -0.143. The van der Waals surface area contributed by atoms with Crippen LogP contribution in [0.25, 0.3) is 11.0 Å². The zero-order valence-electron chi connectivity index (χ0n) is 21.3. The van der Waals surface area contributed by atoms with E-state index in [4.69, 9.17) is 9.72 Å². The van der Waals surface area contributed by atoms with Crippen LogP contribution in [-0.2, 0) is 22.4 Å². The molecule has 0 spiro atoms. The molecule has 7 nitrogen and oxygen atoms in total. The summed E-state index contributed by atoms with van der Waals surface area (Å²) in [4.78, 5) is 31.2. The first-order valence-electron chi connectivity index (χ1n) is 13.1. The summed E-state index contributed by atoms with van der Waals surface area (Å²) in [6.07, 6.45) is 5.28. The lowest BCUT2D eigenvalue weighted by Crippen LogP contribution is -2.42. The number of carboxylic acid groups (broad SMARTS) is 1. The fourth-order valence-corrected chi connectivity index (χ4v) is 6.16. The molecule has 1 amide bonds. The number of anilines is 1. The van der Waals surface area contributed by atoms with Gasteiger partial charge in [-0.05, 0) is 69.6 Å². The molecule has 1 aliphatic heterocycles. The molecule has 0 radical (unpaired) electrons. The molecule has 190 valence electrons. The van der Waals surface area contributed by atoms with E-state index >= 15 is 0 Å². The van der Waals surface area contributed by atoms with Gasteiger partial charge in [0.15, 0.2) is 0 Å². The third kappa shape index (κ3) is 4.36. The lowest BCUT2D eigenvalue weighted by Gasteiger charge is -2.34. The predicted molar refractivity (Wildman–Crippen MR) is 140 cm³/mol. The number of carbonyl (C=O) groups is 2. The fourth-order valence-electron chi connectivity index (χ4n) is 6.16. The molecule has 1 fully saturated rings. The van der Waals surface area contributed by atoms with E-state index in [2.05, 4.69) is 48.7 Å². The number of hydrogen-bond acceptors (Lipinski definition) is 4. The molecule has 1 saturated carbocycles. The highest BCUT2D eigenvalue weighted by Crippen LogP contribution is 2.41. The zero-order valence-corrected chi connectivity index (χ0v) is 21.3. The Balaban J connectivity index is 1.60. The standard InChI is InChI=1S/C29H35N3O4/c1-18(17-20-7-5-4-6-8-20)27-30-26-23-14-9-19(2)31(29(35)36-3)24(23)15-16-25(26)32(27)22-12-10-21(11-13-22)28(33)34/h4-8,15-16,18-19,21-22H,9-14,17H2,1-3H3,(H,33,34)/t18-,19+,21-,22-/m1/s1. The Morgan fingerprint density at radius 2 is 1.81 bits per heavy atom. The van der Waals surface area contributed by atoms with Crippen LogP contribution in [0.1, 0.15) is 74.9 Å². The number of hydrogen-bond donors (Lipinski definition) is 1. The maximum Gasteiger partial charge on any atom is 0.414 e. The van der Waals surface area contributed by atoms with E-state index in [0.29, 0.717) is 12.8 Å². The Labute approximate surface area is 212 Å². The molecule has 1 N–H and O–H groups in total. The average molecular weight is 490 g/mol. The monoisotopic (exact) mass is 489 g/mol. The number of rotatable bonds is 5. The van der Waals surface area contributed by atoms with Crippen LogP contribution < -0.4 is 4.90 Å². The number of aliphatic carboxylic acids is 1. The molecule has 0 bridgehead atoms. The van der Waals surface area contributed by atoms with E-state index in [1.165, 1.54) is 12.7 Å². The number of benzene rings is 2. The van der Waals surface area contributed by atoms with Crippen LogP contribution in [0.5, 0.6) is 0 Å². The second kappa shape index (κ2) is 9.96. The molecule has 5 rings (SSSR count). The van der Waals surface area contributed by atoms with E-state index in [1.54, 1.807) is 4.90 Å². The van der Waals surface area contributed by atoms with Gasteiger partial charge in [0.25, 0.3) is 0 Å². The van der Waals surface area contributed by atoms with Crippen molar-refractivity contribution in [1.82, 2.24) is 9.55 Å². The van der Waals surface area contributed by atoms with E-state index < -0.39 is 5.97 Å². The van der Waals surface area contributed by atoms with Crippen molar-refractivity contribution in [1.29, 1.82) is 0 Å². The summed E-state index contributed by atoms with van der Waals surface area (Å²) in [6, 6.07) is 14.9. The molecule has 7 heteroatoms. The molecule has 3 aromatic rings. The van der Waals surface area contributed by atoms with Crippen molar-refractivity contribution in [2.75, 3.05) is 12.0 Å². The van der Waals surface area contributed by atoms with Gasteiger partial charge in [-0.25, -0.2) is 9.78 Å². The number of carboxylic acids is 1. The topological polar surface area (TPSA) is 84.7 Å². The summed E-state index contributed by atoms with van der Waals surface area (Å²) >= 11 is 0. The lowest BCUT2D eigenvalue weighted by atomic mass is 9.85. The minimum Gasteiger partial charge on any atom is -0.481 e. The van der Waals surface area contributed by atoms with Crippen LogP contribution in [-0.4, -0.2) is 39.9 Å². The van der Waals surface area contributed by atoms with Crippen LogP contribution in [0.2, 0.25) is 0 Å². The van der Waals surface area contributed by atoms with Crippen molar-refractivity contribution < 1.29 is 19.4 Å². The Morgan fingerprint density at radius 1 is 1.08 bits per heavy atom. The van der Waals surface area contributed by atoms with Gasteiger partial charge in [-0.2, -0.15) is 0 Å². The SMILES string of the molecule is COC(=O)N1c2ccc3c(nc([C@H](C)Cc4ccccc4)n3[C@H]3CC[C@H](C(=O)O)CC3)c2CC[C@@H]1C. The van der Waals surface area contributed by atoms with Gasteiger partial charge < -0.3 is 14.4 Å². The number of nitrogens with zero attached hydrogens (tertiary/aromatic N) is 3. The Bertz CT molecular complexity index is 1260. The first-order valence-corrected chi connectivity index (χ1v) is 13.1. The molecule has 1 aliphatic carbocycles. The van der Waals surface area contributed by atoms with E-state index in [9.17, 15) is 14.7 Å². The highest BCUT2D eigenvalue weighted by atomic mass is 16.5. The van der Waals surface area contributed by atoms with Gasteiger partial charge in [0.05, 0.1) is 29.7 Å². The van der Waals surface area contributed by atoms with E-state index in [0.717, 1.165) is 60.2 Å².